The van der Waals surface area contributed by atoms with Crippen LogP contribution in [0.4, 0.5) is 38.8 Å². The van der Waals surface area contributed by atoms with E-state index in [1.807, 2.05) is 204 Å². The van der Waals surface area contributed by atoms with E-state index >= 15 is 0 Å². The monoisotopic (exact) mass is 1940 g/mol. The van der Waals surface area contributed by atoms with Crippen LogP contribution in [0.1, 0.15) is 116 Å². The molecule has 27 heteroatoms. The first-order valence-electron chi connectivity index (χ1n) is 46.8. The molecule has 0 radical (unpaired) electrons. The summed E-state index contributed by atoms with van der Waals surface area (Å²) in [5.41, 5.74) is 17.5. The average Bonchev–Trinajstić information content (AvgIpc) is 1.58. The molecular weight excluding hydrogens is 1820 g/mol. The highest BCUT2D eigenvalue weighted by Crippen LogP contribution is 2.40. The number of fused-ring (bicyclic) bond motifs is 9. The Morgan fingerprint density at radius 2 is 1.12 bits per heavy atom. The molecule has 0 saturated carbocycles. The highest BCUT2D eigenvalue weighted by molar-refractivity contribution is 6.31. The third-order valence-corrected chi connectivity index (χ3v) is 23.0. The van der Waals surface area contributed by atoms with Gasteiger partial charge in [-0.3, -0.25) is 38.8 Å². The minimum Gasteiger partial charge on any atom is -0.494 e. The Morgan fingerprint density at radius 1 is 0.521 bits per heavy atom. The molecule has 25 nitrogen and oxygen atoms in total. The number of methoxy groups -OCH3 is 2. The van der Waals surface area contributed by atoms with Gasteiger partial charge in [-0.2, -0.15) is 10.5 Å². The standard InChI is InChI=1S/C30H23N5O.C25H24ClFN4O2.C22H23N3O4.C15H16N2.C13H15N.C12H15N3/c1-30(2,18-31)22-9-11-23(12-10-22)35-28-24-15-19(21-14-20-6-4-5-7-25(20)32-16-21)8-13-26(24)33-17-27(28)34(3)29(35)36;1-4-33-24-13-23-20(11-16(24)10-19(32)6-5-9-31(2)3)25(17(14-28)15-29-23)30-18-7-8-22(27)21(26)12-18;1-4-16-6-5-7-17(12-16)25-22-18-13-20(28-10-8-26-2)21(29-11-9-27-3)14-19(18)23-15-24-22;1-5-11-10-16-13-9-7-6-8-12(13)14(11)17-15(2,3)4;1-13(2,3)11-8-9-14-12-7-5-4-6-10(11)12;1-12(2,3)15-11-9-6-4-5-7-10(9)13-8-14-11/h4-17H,1-3H3;5-8,11-13,15H,4,9-10H2,1-3H3,(H,29,30);1,5-7,12-15H,8-11H2,2-3H3,(H,23,24,25);1,6-10H,2-4H3,(H,16,17);4-9H,1-3H3;4-8H,1-3H3,(H,13,14,15)/b;6-5+;;;;. The zero-order chi connectivity index (χ0) is 103. The molecule has 0 unspecified atom stereocenters. The lowest BCUT2D eigenvalue weighted by molar-refractivity contribution is -0.114. The van der Waals surface area contributed by atoms with Crippen molar-refractivity contribution in [3.05, 3.63) is 329 Å². The van der Waals surface area contributed by atoms with Gasteiger partial charge in [-0.05, 0) is 220 Å². The number of terminal acetylenes is 2. The molecule has 8 aromatic heterocycles. The molecule has 10 aromatic carbocycles. The molecule has 0 aliphatic carbocycles. The number of pyridine rings is 5. The van der Waals surface area contributed by atoms with Crippen LogP contribution in [0.15, 0.2) is 279 Å². The van der Waals surface area contributed by atoms with Crippen molar-refractivity contribution in [2.45, 2.75) is 111 Å². The number of nitriles is 2. The van der Waals surface area contributed by atoms with Crippen molar-refractivity contribution in [2.24, 2.45) is 7.05 Å². The van der Waals surface area contributed by atoms with Gasteiger partial charge in [0.25, 0.3) is 0 Å². The van der Waals surface area contributed by atoms with Gasteiger partial charge in [0.2, 0.25) is 0 Å². The lowest BCUT2D eigenvalue weighted by Crippen LogP contribution is -2.26. The number of likely N-dealkylation sites (N-methyl/N-ethyl adjacent to an activating group) is 1. The van der Waals surface area contributed by atoms with Gasteiger partial charge in [-0.15, -0.1) is 12.8 Å². The van der Waals surface area contributed by atoms with E-state index in [0.29, 0.717) is 96.1 Å². The van der Waals surface area contributed by atoms with Gasteiger partial charge < -0.3 is 49.9 Å². The molecule has 0 saturated heterocycles. The van der Waals surface area contributed by atoms with E-state index in [2.05, 4.69) is 195 Å². The number of halogens is 2. The van der Waals surface area contributed by atoms with E-state index in [0.717, 1.165) is 122 Å². The SMILES string of the molecule is C#Cc1cccc(Nc2ncnc3cc(OCCOC)c(OCCOC)cc23)c1.C#Cc1cnc2ccccc2c1NC(C)(C)C.CC(C)(C)Nc1ncnc2ccccc12.CC(C)(C)c1ccnc2ccccc12.CCOc1cc2ncc(C#N)c(Nc3ccc(F)c(Cl)c3)c2cc1CC(=O)/C=C/CN(C)C.Cn1c(=O)n(-c2ccc(C(C)(C)C#N)cc2)c2c3cc(-c4cnc5ccccc5c4)ccc3ncc21. The van der Waals surface area contributed by atoms with Crippen molar-refractivity contribution in [1.29, 1.82) is 10.5 Å². The fraction of sp³-hybridized carbons (Fsp3) is 0.239. The van der Waals surface area contributed by atoms with Crippen LogP contribution in [0.3, 0.4) is 0 Å². The predicted octanol–water partition coefficient (Wildman–Crippen LogP) is 24.4. The second kappa shape index (κ2) is 47.6. The summed E-state index contributed by atoms with van der Waals surface area (Å²) in [6.45, 7) is 27.8. The number of rotatable bonds is 24. The third kappa shape index (κ3) is 26.7. The van der Waals surface area contributed by atoms with Crippen LogP contribution in [-0.4, -0.2) is 144 Å². The van der Waals surface area contributed by atoms with E-state index in [1.54, 1.807) is 67.3 Å². The second-order valence-electron chi connectivity index (χ2n) is 37.6. The van der Waals surface area contributed by atoms with Gasteiger partial charge >= 0.3 is 5.69 Å². The van der Waals surface area contributed by atoms with Gasteiger partial charge in [0.15, 0.2) is 17.3 Å². The lowest BCUT2D eigenvalue weighted by Gasteiger charge is -2.24. The number of ketones is 1. The number of imidazole rings is 1. The molecule has 730 valence electrons. The van der Waals surface area contributed by atoms with Crippen LogP contribution in [0.25, 0.3) is 104 Å². The summed E-state index contributed by atoms with van der Waals surface area (Å²) in [7, 11) is 8.86. The number of carbonyl (C=O) groups excluding carboxylic acids is 1. The summed E-state index contributed by atoms with van der Waals surface area (Å²) < 4.78 is 44.5. The van der Waals surface area contributed by atoms with E-state index in [1.165, 1.54) is 41.7 Å². The number of nitrogens with zero attached hydrogens (tertiary/aromatic N) is 14. The quantitative estimate of drug-likeness (QED) is 0.0248. The first kappa shape index (κ1) is 105. The average molecular weight is 1940 g/mol. The Bertz CT molecular complexity index is 7940. The molecule has 0 fully saturated rings. The molecule has 0 aliphatic rings. The minimum absolute atomic E-state index is 0.0110. The number of anilines is 6. The van der Waals surface area contributed by atoms with E-state index in [4.69, 9.17) is 48.1 Å². The van der Waals surface area contributed by atoms with E-state index in [9.17, 15) is 24.5 Å². The molecule has 18 rings (SSSR count). The van der Waals surface area contributed by atoms with Crippen LogP contribution in [-0.2, 0) is 38.6 Å². The van der Waals surface area contributed by atoms with Gasteiger partial charge in [-0.25, -0.2) is 29.1 Å². The summed E-state index contributed by atoms with van der Waals surface area (Å²) >= 11 is 5.92. The molecule has 0 amide bonds. The molecule has 0 spiro atoms. The molecule has 8 heterocycles. The van der Waals surface area contributed by atoms with Crippen LogP contribution in [0.5, 0.6) is 17.2 Å². The van der Waals surface area contributed by atoms with Crippen molar-refractivity contribution >= 4 is 139 Å². The van der Waals surface area contributed by atoms with Gasteiger partial charge in [0.05, 0.1) is 120 Å². The Labute approximate surface area is 843 Å². The first-order valence-corrected chi connectivity index (χ1v) is 47.2. The fourth-order valence-electron chi connectivity index (χ4n) is 15.7. The Balaban J connectivity index is 0.000000150. The molecular formula is C117H116ClFN18O7. The molecule has 144 heavy (non-hydrogen) atoms. The summed E-state index contributed by atoms with van der Waals surface area (Å²) in [5.74, 6) is 7.98. The molecule has 0 aliphatic heterocycles. The van der Waals surface area contributed by atoms with Crippen molar-refractivity contribution in [1.82, 2.24) is 58.9 Å². The van der Waals surface area contributed by atoms with Crippen molar-refractivity contribution in [2.75, 3.05) is 89.2 Å². The van der Waals surface area contributed by atoms with Crippen LogP contribution in [0, 0.1) is 53.2 Å². The second-order valence-corrected chi connectivity index (χ2v) is 38.0. The number of hydrogen-bond donors (Lipinski definition) is 4. The van der Waals surface area contributed by atoms with Crippen molar-refractivity contribution in [3.8, 4) is 70.9 Å². The summed E-state index contributed by atoms with van der Waals surface area (Å²) in [6, 6.07) is 73.8. The van der Waals surface area contributed by atoms with Crippen LogP contribution in [0.2, 0.25) is 5.02 Å². The van der Waals surface area contributed by atoms with Crippen molar-refractivity contribution < 1.29 is 32.9 Å². The predicted molar refractivity (Wildman–Crippen MR) is 580 cm³/mol. The number of nitrogens with one attached hydrogen (secondary N) is 4. The minimum atomic E-state index is -0.609. The Kier molecular flexibility index (Phi) is 34.6. The number of para-hydroxylation sites is 4. The number of ether oxygens (including phenoxy) is 5. The van der Waals surface area contributed by atoms with Crippen molar-refractivity contribution in [3.63, 3.8) is 0 Å². The van der Waals surface area contributed by atoms with E-state index in [-0.39, 0.29) is 39.4 Å². The van der Waals surface area contributed by atoms with Gasteiger partial charge in [-0.1, -0.05) is 141 Å². The molecule has 18 aromatic rings. The highest BCUT2D eigenvalue weighted by atomic mass is 35.5. The number of aryl methyl sites for hydroxylation is 1. The molecule has 0 bridgehead atoms. The lowest BCUT2D eigenvalue weighted by atomic mass is 9.85. The number of hydrogen-bond acceptors (Lipinski definition) is 23. The topological polar surface area (TPSA) is 305 Å². The Hall–Kier alpha value is -16.6. The van der Waals surface area contributed by atoms with Gasteiger partial charge in [0.1, 0.15) is 55.1 Å². The normalized spacial score (nSPS) is 11.3. The molecule has 4 N–H and O–H groups in total. The zero-order valence-electron chi connectivity index (χ0n) is 84.0. The maximum atomic E-state index is 13.6. The summed E-state index contributed by atoms with van der Waals surface area (Å²) in [5, 5.41) is 39.2. The van der Waals surface area contributed by atoms with Gasteiger partial charge in [0, 0.05) is 148 Å². The number of benzene rings is 10. The maximum absolute atomic E-state index is 13.6. The third-order valence-electron chi connectivity index (χ3n) is 22.7. The fourth-order valence-corrected chi connectivity index (χ4v) is 15.8. The maximum Gasteiger partial charge on any atom is 0.333 e. The Morgan fingerprint density at radius 3 is 1.77 bits per heavy atom. The zero-order valence-corrected chi connectivity index (χ0v) is 84.7. The number of carbonyl (C=O) groups is 1. The summed E-state index contributed by atoms with van der Waals surface area (Å²) in [6.07, 6.45) is 26.3. The number of allylic oxidation sites excluding steroid dienone is 1. The van der Waals surface area contributed by atoms with Crippen LogP contribution >= 0.6 is 11.6 Å². The summed E-state index contributed by atoms with van der Waals surface area (Å²) in [4.78, 5) is 67.5. The van der Waals surface area contributed by atoms with E-state index < -0.39 is 11.2 Å². The number of aromatic nitrogens is 11. The molecule has 0 atom stereocenters. The largest absolute Gasteiger partial charge is 0.494 e. The first-order chi connectivity index (χ1) is 69.1. The highest BCUT2D eigenvalue weighted by Gasteiger charge is 2.25. The van der Waals surface area contributed by atoms with Crippen LogP contribution < -0.4 is 41.2 Å². The smallest absolute Gasteiger partial charge is 0.333 e.